The largest absolute Gasteiger partial charge is 3.00 e. The third-order valence-electron chi connectivity index (χ3n) is 18.0. The summed E-state index contributed by atoms with van der Waals surface area (Å²) in [5.74, 6) is 0. The van der Waals surface area contributed by atoms with Crippen LogP contribution in [0.25, 0.3) is 167 Å². The van der Waals surface area contributed by atoms with Gasteiger partial charge in [0, 0.05) is 30.4 Å². The molecule has 98 heavy (non-hydrogen) atoms. The van der Waals surface area contributed by atoms with E-state index in [0.717, 1.165) is 167 Å². The third-order valence-corrected chi connectivity index (χ3v) is 18.0. The molecule has 0 atom stereocenters. The van der Waals surface area contributed by atoms with Gasteiger partial charge in [0.15, 0.2) is 0 Å². The van der Waals surface area contributed by atoms with Crippen LogP contribution in [-0.4, -0.2) is 19.9 Å². The topological polar surface area (TPSA) is 51.6 Å². The predicted molar refractivity (Wildman–Crippen MR) is 403 cm³/mol. The number of aromatic nitrogens is 4. The van der Waals surface area contributed by atoms with Gasteiger partial charge < -0.3 is 17.4 Å². The van der Waals surface area contributed by atoms with Crippen LogP contribution in [-0.2, 0) is 20.1 Å². The molecule has 464 valence electrons. The summed E-state index contributed by atoms with van der Waals surface area (Å²) in [5.41, 5.74) is 31.1. The smallest absolute Gasteiger partial charge is 0.358 e. The molecule has 0 N–H and O–H groups in total. The fourth-order valence-corrected chi connectivity index (χ4v) is 13.3. The molecular weight excluding hydrogens is 1370 g/mol. The minimum absolute atomic E-state index is 0. The zero-order chi connectivity index (χ0) is 64.0. The SMILES string of the molecule is [CH3-].[Ir+3].[c-]1cc(-c2ccccc2-c2cc(-c3ccccc3-c3c[c-]c(-c4ccccn4)cc3-c3cccc(-c4ccccc4)c3)cc(-c3ccccc3-c3cnc(-c4ccccn4)cc3-c3cccc(-c4ccccc4)c3)c2)c(-c2cccc(-c3ccccc3)c2)cc1-c1ccccn1. The van der Waals surface area contributed by atoms with Crippen LogP contribution in [0.2, 0.25) is 0 Å². The maximum Gasteiger partial charge on any atom is 3.00 e. The van der Waals surface area contributed by atoms with Crippen LogP contribution in [0.1, 0.15) is 0 Å². The van der Waals surface area contributed by atoms with Crippen molar-refractivity contribution in [1.29, 1.82) is 0 Å². The Morgan fingerprint density at radius 2 is 0.480 bits per heavy atom. The summed E-state index contributed by atoms with van der Waals surface area (Å²) in [7, 11) is 0. The Bertz CT molecular complexity index is 4900. The number of nitrogens with zero attached hydrogens (tertiary/aromatic N) is 4. The molecule has 4 nitrogen and oxygen atoms in total. The molecule has 4 aromatic heterocycles. The number of benzene rings is 12. The molecule has 0 radical (unpaired) electrons. The molecule has 0 unspecified atom stereocenters. The Balaban J connectivity index is 0.00000411. The monoisotopic (exact) mass is 1430 g/mol. The van der Waals surface area contributed by atoms with Crippen molar-refractivity contribution in [3.63, 3.8) is 0 Å². The summed E-state index contributed by atoms with van der Waals surface area (Å²) in [6, 6.07) is 129. The first-order chi connectivity index (χ1) is 47.6. The predicted octanol–water partition coefficient (Wildman–Crippen LogP) is 24.3. The molecule has 16 rings (SSSR count). The molecule has 0 saturated heterocycles. The van der Waals surface area contributed by atoms with E-state index in [9.17, 15) is 0 Å². The molecule has 0 bridgehead atoms. The van der Waals surface area contributed by atoms with Gasteiger partial charge in [0.2, 0.25) is 0 Å². The van der Waals surface area contributed by atoms with Gasteiger partial charge in [0.25, 0.3) is 0 Å². The summed E-state index contributed by atoms with van der Waals surface area (Å²) in [5, 5.41) is 0. The quantitative estimate of drug-likeness (QED) is 0.0960. The van der Waals surface area contributed by atoms with E-state index in [1.807, 2.05) is 67.3 Å². The summed E-state index contributed by atoms with van der Waals surface area (Å²) in [6.45, 7) is 0. The minimum atomic E-state index is 0. The standard InChI is InChI=1S/C92H60N4.CH3.Ir/c1-4-25-63(26-5-1)66-31-22-34-69(53-66)85-59-72(89-43-16-19-50-93-89)46-48-83(85)80-40-13-10-37-77(80)74-56-75(78-38-11-14-41-81(78)84-49-47-73(90-44-17-20-51-94-90)60-86(84)70-35-23-32-67(54-70)64-27-6-2-7-28-64)58-76(57-74)79-39-12-15-42-82(79)88-62-96-92(91-45-18-21-52-95-91)61-87(88)71-36-24-33-68(55-71)65-29-8-3-9-30-65;;/h1-45,48-62H;1H3;/q-2;-1;+3. The van der Waals surface area contributed by atoms with E-state index in [1.165, 1.54) is 0 Å². The molecule has 12 aromatic carbocycles. The van der Waals surface area contributed by atoms with E-state index in [1.54, 1.807) is 0 Å². The van der Waals surface area contributed by atoms with E-state index < -0.39 is 0 Å². The maximum absolute atomic E-state index is 5.23. The Morgan fingerprint density at radius 3 is 0.847 bits per heavy atom. The first kappa shape index (κ1) is 63.3. The zero-order valence-electron chi connectivity index (χ0n) is 53.8. The fourth-order valence-electron chi connectivity index (χ4n) is 13.3. The van der Waals surface area contributed by atoms with Crippen LogP contribution in [0, 0.1) is 19.6 Å². The molecule has 16 aromatic rings. The molecule has 0 aliphatic rings. The first-order valence-electron chi connectivity index (χ1n) is 32.4. The van der Waals surface area contributed by atoms with Gasteiger partial charge in [-0.1, -0.05) is 282 Å². The Morgan fingerprint density at radius 1 is 0.184 bits per heavy atom. The second kappa shape index (κ2) is 28.9. The first-order valence-corrected chi connectivity index (χ1v) is 32.4. The van der Waals surface area contributed by atoms with Gasteiger partial charge >= 0.3 is 20.1 Å². The van der Waals surface area contributed by atoms with Gasteiger partial charge in [0.1, 0.15) is 0 Å². The average molecular weight is 1430 g/mol. The van der Waals surface area contributed by atoms with Crippen molar-refractivity contribution in [3.05, 3.63) is 384 Å². The van der Waals surface area contributed by atoms with Gasteiger partial charge in [-0.3, -0.25) is 9.97 Å². The molecule has 5 heteroatoms. The van der Waals surface area contributed by atoms with Crippen molar-refractivity contribution < 1.29 is 20.1 Å². The van der Waals surface area contributed by atoms with Crippen LogP contribution < -0.4 is 0 Å². The molecule has 0 amide bonds. The van der Waals surface area contributed by atoms with Gasteiger partial charge in [-0.15, -0.1) is 47.5 Å². The van der Waals surface area contributed by atoms with Gasteiger partial charge in [0.05, 0.1) is 11.4 Å². The van der Waals surface area contributed by atoms with Crippen molar-refractivity contribution in [3.8, 4) is 167 Å². The second-order valence-electron chi connectivity index (χ2n) is 23.9. The average Bonchev–Trinajstić information content (AvgIpc) is 0.767. The molecule has 0 spiro atoms. The van der Waals surface area contributed by atoms with E-state index in [-0.39, 0.29) is 27.5 Å². The van der Waals surface area contributed by atoms with Crippen LogP contribution >= 0.6 is 0 Å². The van der Waals surface area contributed by atoms with Crippen LogP contribution in [0.3, 0.4) is 0 Å². The molecule has 0 aliphatic heterocycles. The number of pyridine rings is 4. The normalized spacial score (nSPS) is 10.9. The summed E-state index contributed by atoms with van der Waals surface area (Å²) >= 11 is 0. The Hall–Kier alpha value is -12.1. The van der Waals surface area contributed by atoms with Crippen molar-refractivity contribution in [2.24, 2.45) is 0 Å². The van der Waals surface area contributed by atoms with E-state index >= 15 is 0 Å². The molecule has 0 fully saturated rings. The molecule has 4 heterocycles. The maximum atomic E-state index is 5.23. The molecule has 0 saturated carbocycles. The number of rotatable bonds is 15. The Kier molecular flexibility index (Phi) is 18.6. The fraction of sp³-hybridized carbons (Fsp3) is 0. The molecular formula is C93H63IrN4. The van der Waals surface area contributed by atoms with Gasteiger partial charge in [-0.25, -0.2) is 0 Å². The van der Waals surface area contributed by atoms with Crippen molar-refractivity contribution in [2.45, 2.75) is 0 Å². The summed E-state index contributed by atoms with van der Waals surface area (Å²) in [4.78, 5) is 19.7. The van der Waals surface area contributed by atoms with Crippen LogP contribution in [0.15, 0.2) is 365 Å². The molecule has 0 aliphatic carbocycles. The van der Waals surface area contributed by atoms with Crippen LogP contribution in [0.4, 0.5) is 0 Å². The number of hydrogen-bond acceptors (Lipinski definition) is 4. The Labute approximate surface area is 587 Å². The van der Waals surface area contributed by atoms with Gasteiger partial charge in [-0.2, -0.15) is 0 Å². The van der Waals surface area contributed by atoms with Crippen molar-refractivity contribution >= 4 is 0 Å². The van der Waals surface area contributed by atoms with Crippen molar-refractivity contribution in [2.75, 3.05) is 0 Å². The van der Waals surface area contributed by atoms with Crippen molar-refractivity contribution in [1.82, 2.24) is 19.9 Å². The van der Waals surface area contributed by atoms with Gasteiger partial charge in [-0.05, 0) is 173 Å². The van der Waals surface area contributed by atoms with E-state index in [4.69, 9.17) is 19.9 Å². The summed E-state index contributed by atoms with van der Waals surface area (Å²) < 4.78 is 0. The minimum Gasteiger partial charge on any atom is -0.358 e. The second-order valence-corrected chi connectivity index (χ2v) is 23.9. The number of hydrogen-bond donors (Lipinski definition) is 0. The van der Waals surface area contributed by atoms with Crippen LogP contribution in [0.5, 0.6) is 0 Å². The van der Waals surface area contributed by atoms with E-state index in [0.29, 0.717) is 0 Å². The van der Waals surface area contributed by atoms with E-state index in [2.05, 4.69) is 309 Å². The zero-order valence-corrected chi connectivity index (χ0v) is 56.2. The third kappa shape index (κ3) is 13.1. The summed E-state index contributed by atoms with van der Waals surface area (Å²) in [6.07, 6.45) is 7.57.